The second-order valence-corrected chi connectivity index (χ2v) is 5.45. The molecular formula is C12H8BrF5O2. The number of ketones is 1. The van der Waals surface area contributed by atoms with E-state index >= 15 is 0 Å². The van der Waals surface area contributed by atoms with Crippen LogP contribution in [-0.4, -0.2) is 29.3 Å². The summed E-state index contributed by atoms with van der Waals surface area (Å²) in [6.45, 7) is -1.79. The minimum atomic E-state index is -5.65. The molecule has 0 amide bonds. The largest absolute Gasteiger partial charge is 0.487 e. The van der Waals surface area contributed by atoms with Crippen molar-refractivity contribution in [2.45, 2.75) is 23.3 Å². The molecule has 0 radical (unpaired) electrons. The van der Waals surface area contributed by atoms with Crippen molar-refractivity contribution in [3.8, 4) is 5.75 Å². The van der Waals surface area contributed by atoms with Crippen molar-refractivity contribution < 1.29 is 31.5 Å². The van der Waals surface area contributed by atoms with Gasteiger partial charge in [-0.1, -0.05) is 15.9 Å². The molecule has 1 unspecified atom stereocenters. The maximum atomic E-state index is 12.7. The molecule has 0 bridgehead atoms. The number of carbonyl (C=O) groups is 1. The Morgan fingerprint density at radius 1 is 1.25 bits per heavy atom. The third kappa shape index (κ3) is 2.79. The molecule has 0 saturated carbocycles. The molecule has 2 rings (SSSR count). The van der Waals surface area contributed by atoms with Gasteiger partial charge in [0.1, 0.15) is 5.75 Å². The van der Waals surface area contributed by atoms with E-state index in [-0.39, 0.29) is 11.5 Å². The molecule has 8 heteroatoms. The van der Waals surface area contributed by atoms with Gasteiger partial charge in [0.15, 0.2) is 12.4 Å². The number of Topliss-reactive ketones (excluding diaryl/α,β-unsaturated/α-hetero) is 1. The van der Waals surface area contributed by atoms with Gasteiger partial charge in [0, 0.05) is 5.56 Å². The summed E-state index contributed by atoms with van der Waals surface area (Å²) in [5.41, 5.74) is 0.978. The van der Waals surface area contributed by atoms with Gasteiger partial charge >= 0.3 is 12.1 Å². The highest BCUT2D eigenvalue weighted by Gasteiger charge is 2.58. The van der Waals surface area contributed by atoms with E-state index in [2.05, 4.69) is 20.7 Å². The van der Waals surface area contributed by atoms with Gasteiger partial charge < -0.3 is 4.74 Å². The molecule has 1 atom stereocenters. The molecule has 1 aliphatic rings. The Kier molecular flexibility index (Phi) is 3.79. The number of rotatable bonds is 3. The minimum absolute atomic E-state index is 0.123. The molecular weight excluding hydrogens is 351 g/mol. The second-order valence-electron chi connectivity index (χ2n) is 4.35. The fourth-order valence-corrected chi connectivity index (χ4v) is 2.37. The predicted molar refractivity (Wildman–Crippen MR) is 63.7 cm³/mol. The molecule has 20 heavy (non-hydrogen) atoms. The van der Waals surface area contributed by atoms with Gasteiger partial charge in [-0.25, -0.2) is 0 Å². The van der Waals surface area contributed by atoms with E-state index in [1.165, 1.54) is 18.2 Å². The Hall–Kier alpha value is -1.18. The quantitative estimate of drug-likeness (QED) is 0.607. The van der Waals surface area contributed by atoms with Crippen LogP contribution in [0.25, 0.3) is 0 Å². The van der Waals surface area contributed by atoms with Crippen molar-refractivity contribution >= 4 is 21.7 Å². The first-order valence-electron chi connectivity index (χ1n) is 5.50. The Morgan fingerprint density at radius 2 is 1.90 bits per heavy atom. The molecule has 1 aromatic rings. The molecule has 1 aromatic carbocycles. The summed E-state index contributed by atoms with van der Waals surface area (Å²) in [4.78, 5) is 11.2. The average Bonchev–Trinajstić information content (AvgIpc) is 2.61. The molecule has 0 spiro atoms. The molecule has 110 valence electrons. The molecule has 0 saturated heterocycles. The van der Waals surface area contributed by atoms with Crippen molar-refractivity contribution in [1.82, 2.24) is 0 Å². The van der Waals surface area contributed by atoms with E-state index in [0.717, 1.165) is 0 Å². The van der Waals surface area contributed by atoms with Crippen LogP contribution >= 0.6 is 15.9 Å². The Labute approximate surface area is 119 Å². The van der Waals surface area contributed by atoms with Gasteiger partial charge in [0.2, 0.25) is 0 Å². The van der Waals surface area contributed by atoms with Crippen molar-refractivity contribution in [1.29, 1.82) is 0 Å². The van der Waals surface area contributed by atoms with E-state index in [1.807, 2.05) is 0 Å². The zero-order valence-electron chi connectivity index (χ0n) is 9.81. The zero-order valence-corrected chi connectivity index (χ0v) is 11.4. The molecule has 0 N–H and O–H groups in total. The SMILES string of the molecule is O=C1c2ccc(OCC(F)(F)C(F)(F)F)cc2CC1Br. The van der Waals surface area contributed by atoms with E-state index in [0.29, 0.717) is 17.5 Å². The smallest absolute Gasteiger partial charge is 0.456 e. The first-order valence-corrected chi connectivity index (χ1v) is 6.42. The number of fused-ring (bicyclic) bond motifs is 1. The minimum Gasteiger partial charge on any atom is -0.487 e. The van der Waals surface area contributed by atoms with Crippen molar-refractivity contribution in [2.75, 3.05) is 6.61 Å². The van der Waals surface area contributed by atoms with Crippen LogP contribution in [0.3, 0.4) is 0 Å². The van der Waals surface area contributed by atoms with Gasteiger partial charge in [-0.3, -0.25) is 4.79 Å². The Balaban J connectivity index is 2.10. The highest BCUT2D eigenvalue weighted by molar-refractivity contribution is 9.10. The number of benzene rings is 1. The normalized spacial score (nSPS) is 19.1. The predicted octanol–water partition coefficient (Wildman–Crippen LogP) is 3.77. The standard InChI is InChI=1S/C12H8BrF5O2/c13-9-4-6-3-7(1-2-8(6)10(9)19)20-5-11(14,15)12(16,17)18/h1-3,9H,4-5H2. The number of halogens is 6. The fraction of sp³-hybridized carbons (Fsp3) is 0.417. The maximum Gasteiger partial charge on any atom is 0.456 e. The lowest BCUT2D eigenvalue weighted by molar-refractivity contribution is -0.290. The molecule has 2 nitrogen and oxygen atoms in total. The number of carbonyl (C=O) groups excluding carboxylic acids is 1. The fourth-order valence-electron chi connectivity index (χ4n) is 1.78. The van der Waals surface area contributed by atoms with Gasteiger partial charge in [0.25, 0.3) is 0 Å². The lowest BCUT2D eigenvalue weighted by atomic mass is 10.1. The number of hydrogen-bond donors (Lipinski definition) is 0. The molecule has 0 aliphatic heterocycles. The molecule has 0 heterocycles. The maximum absolute atomic E-state index is 12.7. The topological polar surface area (TPSA) is 26.3 Å². The second kappa shape index (κ2) is 4.98. The molecule has 0 aromatic heterocycles. The van der Waals surface area contributed by atoms with Crippen molar-refractivity contribution in [3.63, 3.8) is 0 Å². The van der Waals surface area contributed by atoms with E-state index in [9.17, 15) is 26.7 Å². The number of ether oxygens (including phenoxy) is 1. The summed E-state index contributed by atoms with van der Waals surface area (Å²) in [6, 6.07) is 3.87. The van der Waals surface area contributed by atoms with Gasteiger partial charge in [-0.05, 0) is 30.2 Å². The highest BCUT2D eigenvalue weighted by atomic mass is 79.9. The molecule has 1 aliphatic carbocycles. The average molecular weight is 359 g/mol. The monoisotopic (exact) mass is 358 g/mol. The summed E-state index contributed by atoms with van der Waals surface area (Å²) in [5.74, 6) is -5.19. The van der Waals surface area contributed by atoms with Crippen molar-refractivity contribution in [2.24, 2.45) is 0 Å². The van der Waals surface area contributed by atoms with Crippen LogP contribution in [0.5, 0.6) is 5.75 Å². The lowest BCUT2D eigenvalue weighted by Gasteiger charge is -2.19. The number of alkyl halides is 6. The van der Waals surface area contributed by atoms with Crippen LogP contribution < -0.4 is 4.74 Å². The third-order valence-electron chi connectivity index (χ3n) is 2.86. The van der Waals surface area contributed by atoms with Gasteiger partial charge in [-0.15, -0.1) is 0 Å². The summed E-state index contributed by atoms with van der Waals surface area (Å²) >= 11 is 3.15. The Bertz CT molecular complexity index is 541. The van der Waals surface area contributed by atoms with Crippen LogP contribution in [0.15, 0.2) is 18.2 Å². The van der Waals surface area contributed by atoms with Gasteiger partial charge in [0.05, 0.1) is 4.83 Å². The molecule has 0 fully saturated rings. The van der Waals surface area contributed by atoms with Crippen LogP contribution in [0.4, 0.5) is 22.0 Å². The summed E-state index contributed by atoms with van der Waals surface area (Å²) in [5, 5.41) is 0. The Morgan fingerprint density at radius 3 is 2.50 bits per heavy atom. The summed E-state index contributed by atoms with van der Waals surface area (Å²) in [6.07, 6.45) is -5.30. The summed E-state index contributed by atoms with van der Waals surface area (Å²) in [7, 11) is 0. The van der Waals surface area contributed by atoms with E-state index in [4.69, 9.17) is 0 Å². The summed E-state index contributed by atoms with van der Waals surface area (Å²) < 4.78 is 65.8. The van der Waals surface area contributed by atoms with Crippen LogP contribution in [0.2, 0.25) is 0 Å². The van der Waals surface area contributed by atoms with Crippen molar-refractivity contribution in [3.05, 3.63) is 29.3 Å². The first kappa shape index (κ1) is 15.2. The van der Waals surface area contributed by atoms with Crippen LogP contribution in [-0.2, 0) is 6.42 Å². The van der Waals surface area contributed by atoms with Crippen LogP contribution in [0.1, 0.15) is 15.9 Å². The zero-order chi connectivity index (χ0) is 15.1. The number of hydrogen-bond acceptors (Lipinski definition) is 2. The third-order valence-corrected chi connectivity index (χ3v) is 3.60. The first-order chi connectivity index (χ1) is 9.12. The van der Waals surface area contributed by atoms with E-state index < -0.39 is 23.5 Å². The highest BCUT2D eigenvalue weighted by Crippen LogP contribution is 2.36. The van der Waals surface area contributed by atoms with Gasteiger partial charge in [-0.2, -0.15) is 22.0 Å². The van der Waals surface area contributed by atoms with Crippen LogP contribution in [0, 0.1) is 0 Å². The lowest BCUT2D eigenvalue weighted by Crippen LogP contribution is -2.41. The van der Waals surface area contributed by atoms with E-state index in [1.54, 1.807) is 0 Å².